The molecule has 1 unspecified atom stereocenters. The van der Waals surface area contributed by atoms with E-state index in [9.17, 15) is 0 Å². The first-order valence-corrected chi connectivity index (χ1v) is 9.40. The van der Waals surface area contributed by atoms with Crippen LogP contribution < -0.4 is 10.4 Å². The van der Waals surface area contributed by atoms with Crippen LogP contribution in [0.15, 0.2) is 83.1 Å². The van der Waals surface area contributed by atoms with Gasteiger partial charge in [0.2, 0.25) is 0 Å². The Kier molecular flexibility index (Phi) is 3.93. The summed E-state index contributed by atoms with van der Waals surface area (Å²) in [4.78, 5) is 0. The molecule has 1 aliphatic carbocycles. The van der Waals surface area contributed by atoms with E-state index < -0.39 is 8.80 Å². The van der Waals surface area contributed by atoms with Crippen molar-refractivity contribution in [1.82, 2.24) is 0 Å². The van der Waals surface area contributed by atoms with Crippen LogP contribution in [0.3, 0.4) is 0 Å². The quantitative estimate of drug-likeness (QED) is 0.759. The fourth-order valence-corrected chi connectivity index (χ4v) is 6.82. The van der Waals surface area contributed by atoms with Gasteiger partial charge in [0, 0.05) is 0 Å². The molecule has 0 radical (unpaired) electrons. The Hall–Kier alpha value is -1.86. The first-order chi connectivity index (χ1) is 10.2. The number of benzene rings is 2. The van der Waals surface area contributed by atoms with Gasteiger partial charge in [-0.15, -0.1) is 0 Å². The van der Waals surface area contributed by atoms with Crippen molar-refractivity contribution in [3.8, 4) is 0 Å². The van der Waals surface area contributed by atoms with E-state index >= 15 is 0 Å². The van der Waals surface area contributed by atoms with E-state index in [4.69, 9.17) is 0 Å². The second-order valence-electron chi connectivity index (χ2n) is 5.99. The van der Waals surface area contributed by atoms with Crippen molar-refractivity contribution in [1.29, 1.82) is 0 Å². The van der Waals surface area contributed by atoms with E-state index in [2.05, 4.69) is 87.5 Å². The molecule has 0 N–H and O–H groups in total. The highest BCUT2D eigenvalue weighted by Gasteiger charge is 2.29. The number of allylic oxidation sites excluding steroid dienone is 4. The highest BCUT2D eigenvalue weighted by molar-refractivity contribution is 6.91. The summed E-state index contributed by atoms with van der Waals surface area (Å²) in [5.74, 6) is 0.585. The van der Waals surface area contributed by atoms with Gasteiger partial charge in [0.05, 0.1) is 0 Å². The molecular formula is C20H22Si. The standard InChI is InChI=1S/C20H22Si/c1-15-14-20(17(3)16(15)2)21(18-10-6-4-7-11-18)19-12-8-5-9-13-19/h4-14,17,21H,1-3H3. The zero-order valence-electron chi connectivity index (χ0n) is 13.0. The second kappa shape index (κ2) is 5.86. The lowest BCUT2D eigenvalue weighted by Crippen LogP contribution is -2.45. The molecule has 3 rings (SSSR count). The predicted molar refractivity (Wildman–Crippen MR) is 94.9 cm³/mol. The third-order valence-corrected chi connectivity index (χ3v) is 8.19. The molecule has 21 heavy (non-hydrogen) atoms. The first kappa shape index (κ1) is 14.1. The molecule has 1 atom stereocenters. The van der Waals surface area contributed by atoms with Crippen molar-refractivity contribution >= 4 is 19.2 Å². The molecule has 0 aliphatic heterocycles. The summed E-state index contributed by atoms with van der Waals surface area (Å²) in [6, 6.07) is 22.1. The van der Waals surface area contributed by atoms with Gasteiger partial charge in [-0.05, 0) is 19.8 Å². The molecule has 0 amide bonds. The average Bonchev–Trinajstić information content (AvgIpc) is 2.78. The molecule has 2 aromatic rings. The topological polar surface area (TPSA) is 0 Å². The van der Waals surface area contributed by atoms with Crippen molar-refractivity contribution in [2.75, 3.05) is 0 Å². The first-order valence-electron chi connectivity index (χ1n) is 7.67. The SMILES string of the molecule is CC1=C(C)C(C)C([SiH](c2ccccc2)c2ccccc2)=C1. The summed E-state index contributed by atoms with van der Waals surface area (Å²) in [5, 5.41) is 4.69. The minimum atomic E-state index is -1.32. The van der Waals surface area contributed by atoms with E-state index in [-0.39, 0.29) is 0 Å². The Morgan fingerprint density at radius 1 is 0.762 bits per heavy atom. The van der Waals surface area contributed by atoms with Crippen LogP contribution in [-0.4, -0.2) is 8.80 Å². The fraction of sp³-hybridized carbons (Fsp3) is 0.200. The maximum atomic E-state index is 2.46. The smallest absolute Gasteiger partial charge is 0.0673 e. The lowest BCUT2D eigenvalue weighted by molar-refractivity contribution is 0.855. The van der Waals surface area contributed by atoms with Gasteiger partial charge >= 0.3 is 0 Å². The molecule has 0 saturated heterocycles. The van der Waals surface area contributed by atoms with Crippen molar-refractivity contribution in [2.45, 2.75) is 20.8 Å². The predicted octanol–water partition coefficient (Wildman–Crippen LogP) is 3.48. The van der Waals surface area contributed by atoms with Crippen LogP contribution in [0.1, 0.15) is 20.8 Å². The molecule has 0 heterocycles. The normalized spacial score (nSPS) is 18.3. The van der Waals surface area contributed by atoms with E-state index in [0.717, 1.165) is 0 Å². The van der Waals surface area contributed by atoms with Gasteiger partial charge in [-0.25, -0.2) is 0 Å². The average molecular weight is 290 g/mol. The van der Waals surface area contributed by atoms with Crippen molar-refractivity contribution in [3.63, 3.8) is 0 Å². The summed E-state index contributed by atoms with van der Waals surface area (Å²) < 4.78 is 0. The van der Waals surface area contributed by atoms with E-state index in [1.54, 1.807) is 5.20 Å². The Morgan fingerprint density at radius 3 is 1.62 bits per heavy atom. The lowest BCUT2D eigenvalue weighted by Gasteiger charge is -2.22. The van der Waals surface area contributed by atoms with Crippen LogP contribution in [-0.2, 0) is 0 Å². The monoisotopic (exact) mass is 290 g/mol. The largest absolute Gasteiger partial charge is 0.129 e. The Morgan fingerprint density at radius 2 is 1.24 bits per heavy atom. The number of rotatable bonds is 3. The molecule has 106 valence electrons. The minimum Gasteiger partial charge on any atom is -0.0673 e. The molecule has 0 nitrogen and oxygen atoms in total. The second-order valence-corrected chi connectivity index (χ2v) is 8.85. The summed E-state index contributed by atoms with van der Waals surface area (Å²) >= 11 is 0. The zero-order valence-corrected chi connectivity index (χ0v) is 14.2. The van der Waals surface area contributed by atoms with Gasteiger partial charge in [0.15, 0.2) is 0 Å². The van der Waals surface area contributed by atoms with Crippen LogP contribution in [0.25, 0.3) is 0 Å². The Labute approximate surface area is 129 Å². The molecule has 0 saturated carbocycles. The van der Waals surface area contributed by atoms with Gasteiger partial charge < -0.3 is 0 Å². The molecule has 0 aromatic heterocycles. The molecule has 0 fully saturated rings. The van der Waals surface area contributed by atoms with E-state index in [0.29, 0.717) is 5.92 Å². The lowest BCUT2D eigenvalue weighted by atomic mass is 10.1. The van der Waals surface area contributed by atoms with E-state index in [1.807, 2.05) is 0 Å². The Balaban J connectivity index is 2.09. The third kappa shape index (κ3) is 2.66. The van der Waals surface area contributed by atoms with Crippen LogP contribution in [0.4, 0.5) is 0 Å². The highest BCUT2D eigenvalue weighted by Crippen LogP contribution is 2.32. The van der Waals surface area contributed by atoms with Crippen molar-refractivity contribution in [3.05, 3.63) is 83.1 Å². The van der Waals surface area contributed by atoms with Gasteiger partial charge in [-0.1, -0.05) is 100 Å². The maximum absolute atomic E-state index is 2.46. The summed E-state index contributed by atoms with van der Waals surface area (Å²) in [7, 11) is -1.32. The van der Waals surface area contributed by atoms with E-state index in [1.165, 1.54) is 21.5 Å². The molecule has 2 aromatic carbocycles. The third-order valence-electron chi connectivity index (χ3n) is 4.75. The summed E-state index contributed by atoms with van der Waals surface area (Å²) in [6.45, 7) is 6.90. The van der Waals surface area contributed by atoms with Crippen LogP contribution >= 0.6 is 0 Å². The van der Waals surface area contributed by atoms with Crippen LogP contribution in [0, 0.1) is 5.92 Å². The van der Waals surface area contributed by atoms with Gasteiger partial charge in [-0.3, -0.25) is 0 Å². The number of hydrogen-bond acceptors (Lipinski definition) is 0. The Bertz CT molecular complexity index is 641. The minimum absolute atomic E-state index is 0.585. The molecule has 1 aliphatic rings. The molecule has 0 spiro atoms. The molecule has 1 heteroatoms. The van der Waals surface area contributed by atoms with Crippen molar-refractivity contribution in [2.24, 2.45) is 5.92 Å². The van der Waals surface area contributed by atoms with Gasteiger partial charge in [0.25, 0.3) is 0 Å². The summed E-state index contributed by atoms with van der Waals surface area (Å²) in [6.07, 6.45) is 2.46. The number of hydrogen-bond donors (Lipinski definition) is 0. The fourth-order valence-electron chi connectivity index (χ4n) is 3.28. The van der Waals surface area contributed by atoms with Crippen LogP contribution in [0.2, 0.25) is 0 Å². The maximum Gasteiger partial charge on any atom is 0.129 e. The van der Waals surface area contributed by atoms with Gasteiger partial charge in [0.1, 0.15) is 8.80 Å². The van der Waals surface area contributed by atoms with Crippen LogP contribution in [0.5, 0.6) is 0 Å². The van der Waals surface area contributed by atoms with Gasteiger partial charge in [-0.2, -0.15) is 0 Å². The highest BCUT2D eigenvalue weighted by atomic mass is 28.3. The molecule has 0 bridgehead atoms. The molecular weight excluding hydrogens is 268 g/mol. The van der Waals surface area contributed by atoms with Crippen molar-refractivity contribution < 1.29 is 0 Å². The zero-order chi connectivity index (χ0) is 14.8. The summed E-state index contributed by atoms with van der Waals surface area (Å²) in [5.41, 5.74) is 3.00.